The number of aryl methyl sites for hydroxylation is 1. The molecule has 1 saturated heterocycles. The highest BCUT2D eigenvalue weighted by molar-refractivity contribution is 5.85. The zero-order valence-electron chi connectivity index (χ0n) is 12.0. The highest BCUT2D eigenvalue weighted by Gasteiger charge is 2.26. The van der Waals surface area contributed by atoms with E-state index in [-0.39, 0.29) is 36.1 Å². The van der Waals surface area contributed by atoms with Gasteiger partial charge >= 0.3 is 0 Å². The molecule has 7 heteroatoms. The molecule has 0 atom stereocenters. The highest BCUT2D eigenvalue weighted by Crippen LogP contribution is 2.26. The Balaban J connectivity index is 0.00000180. The highest BCUT2D eigenvalue weighted by atomic mass is 35.5. The van der Waals surface area contributed by atoms with Crippen LogP contribution in [-0.4, -0.2) is 35.3 Å². The van der Waals surface area contributed by atoms with E-state index < -0.39 is 0 Å². The van der Waals surface area contributed by atoms with Gasteiger partial charge in [-0.3, -0.25) is 9.48 Å². The second kappa shape index (κ2) is 8.49. The molecule has 5 nitrogen and oxygen atoms in total. The topological polar surface area (TPSA) is 59.0 Å². The lowest BCUT2D eigenvalue weighted by Gasteiger charge is -2.34. The van der Waals surface area contributed by atoms with Crippen molar-refractivity contribution in [2.24, 2.45) is 12.5 Å². The van der Waals surface area contributed by atoms with Gasteiger partial charge in [0.05, 0.1) is 12.6 Å². The van der Waals surface area contributed by atoms with Gasteiger partial charge in [-0.2, -0.15) is 5.10 Å². The van der Waals surface area contributed by atoms with Crippen molar-refractivity contribution in [2.75, 3.05) is 19.6 Å². The summed E-state index contributed by atoms with van der Waals surface area (Å²) in [6, 6.07) is 0. The molecule has 2 N–H and O–H groups in total. The fourth-order valence-corrected chi connectivity index (χ4v) is 2.33. The first-order valence-corrected chi connectivity index (χ1v) is 6.52. The van der Waals surface area contributed by atoms with Crippen LogP contribution in [0.15, 0.2) is 12.4 Å². The summed E-state index contributed by atoms with van der Waals surface area (Å²) in [5.41, 5.74) is 1.21. The maximum absolute atomic E-state index is 11.8. The number of carbonyl (C=O) groups is 1. The Kier molecular flexibility index (Phi) is 8.16. The number of nitrogens with zero attached hydrogens (tertiary/aromatic N) is 2. The summed E-state index contributed by atoms with van der Waals surface area (Å²) in [4.78, 5) is 11.8. The lowest BCUT2D eigenvalue weighted by atomic mass is 9.81. The molecule has 0 unspecified atom stereocenters. The largest absolute Gasteiger partial charge is 0.355 e. The van der Waals surface area contributed by atoms with E-state index >= 15 is 0 Å². The van der Waals surface area contributed by atoms with Gasteiger partial charge in [0.25, 0.3) is 0 Å². The molecule has 0 spiro atoms. The van der Waals surface area contributed by atoms with Crippen molar-refractivity contribution >= 4 is 30.7 Å². The Labute approximate surface area is 132 Å². The Morgan fingerprint density at radius 1 is 1.45 bits per heavy atom. The van der Waals surface area contributed by atoms with Crippen LogP contribution in [-0.2, 0) is 18.3 Å². The molecule has 1 amide bonds. The third-order valence-electron chi connectivity index (χ3n) is 3.65. The number of hydrogen-bond acceptors (Lipinski definition) is 3. The van der Waals surface area contributed by atoms with Gasteiger partial charge in [-0.25, -0.2) is 0 Å². The van der Waals surface area contributed by atoms with Crippen molar-refractivity contribution in [1.29, 1.82) is 0 Å². The fourth-order valence-electron chi connectivity index (χ4n) is 2.33. The van der Waals surface area contributed by atoms with Crippen LogP contribution >= 0.6 is 24.8 Å². The first-order valence-electron chi connectivity index (χ1n) is 6.52. The molecule has 0 aromatic carbocycles. The van der Waals surface area contributed by atoms with E-state index in [1.807, 2.05) is 13.2 Å². The van der Waals surface area contributed by atoms with Gasteiger partial charge in [0.2, 0.25) is 5.91 Å². The minimum atomic E-state index is 0. The van der Waals surface area contributed by atoms with Crippen LogP contribution in [0.1, 0.15) is 25.3 Å². The van der Waals surface area contributed by atoms with Crippen LogP contribution in [0.2, 0.25) is 0 Å². The van der Waals surface area contributed by atoms with E-state index in [2.05, 4.69) is 22.7 Å². The number of piperidine rings is 1. The summed E-state index contributed by atoms with van der Waals surface area (Å²) in [6.07, 6.45) is 6.29. The second-order valence-electron chi connectivity index (χ2n) is 5.54. The smallest absolute Gasteiger partial charge is 0.224 e. The molecular formula is C13H24Cl2N4O. The summed E-state index contributed by atoms with van der Waals surface area (Å²) in [5.74, 6) is 0.0859. The molecule has 1 aliphatic rings. The minimum absolute atomic E-state index is 0. The number of amides is 1. The molecule has 116 valence electrons. The number of carbonyl (C=O) groups excluding carboxylic acids is 1. The SMILES string of the molecule is Cl.Cl.Cn1cc(CC(=O)NCC2(C)CCNCC2)cn1. The minimum Gasteiger partial charge on any atom is -0.355 e. The predicted octanol–water partition coefficient (Wildman–Crippen LogP) is 1.31. The molecule has 1 fully saturated rings. The van der Waals surface area contributed by atoms with Gasteiger partial charge in [0, 0.05) is 19.8 Å². The van der Waals surface area contributed by atoms with Gasteiger partial charge < -0.3 is 10.6 Å². The van der Waals surface area contributed by atoms with E-state index in [0.29, 0.717) is 6.42 Å². The third kappa shape index (κ3) is 5.69. The van der Waals surface area contributed by atoms with Crippen molar-refractivity contribution in [3.63, 3.8) is 0 Å². The van der Waals surface area contributed by atoms with Gasteiger partial charge in [0.1, 0.15) is 0 Å². The normalized spacial score (nSPS) is 16.7. The summed E-state index contributed by atoms with van der Waals surface area (Å²) >= 11 is 0. The van der Waals surface area contributed by atoms with Gasteiger partial charge in [-0.05, 0) is 36.9 Å². The predicted molar refractivity (Wildman–Crippen MR) is 84.6 cm³/mol. The molecule has 2 heterocycles. The first-order chi connectivity index (χ1) is 8.57. The summed E-state index contributed by atoms with van der Waals surface area (Å²) < 4.78 is 1.72. The Hall–Kier alpha value is -0.780. The molecular weight excluding hydrogens is 299 g/mol. The van der Waals surface area contributed by atoms with E-state index in [9.17, 15) is 4.79 Å². The Bertz CT molecular complexity index is 416. The lowest BCUT2D eigenvalue weighted by Crippen LogP contribution is -2.43. The van der Waals surface area contributed by atoms with Crippen LogP contribution < -0.4 is 10.6 Å². The van der Waals surface area contributed by atoms with Crippen LogP contribution in [0.25, 0.3) is 0 Å². The average molecular weight is 323 g/mol. The molecule has 0 bridgehead atoms. The summed E-state index contributed by atoms with van der Waals surface area (Å²) in [7, 11) is 1.86. The molecule has 1 aromatic rings. The molecule has 0 aliphatic carbocycles. The summed E-state index contributed by atoms with van der Waals surface area (Å²) in [6.45, 7) is 5.12. The van der Waals surface area contributed by atoms with Crippen molar-refractivity contribution in [1.82, 2.24) is 20.4 Å². The maximum atomic E-state index is 11.8. The number of hydrogen-bond donors (Lipinski definition) is 2. The van der Waals surface area contributed by atoms with Crippen molar-refractivity contribution < 1.29 is 4.79 Å². The molecule has 0 saturated carbocycles. The molecule has 20 heavy (non-hydrogen) atoms. The van der Waals surface area contributed by atoms with E-state index in [1.165, 1.54) is 0 Å². The third-order valence-corrected chi connectivity index (χ3v) is 3.65. The molecule has 0 radical (unpaired) electrons. The number of aromatic nitrogens is 2. The zero-order valence-corrected chi connectivity index (χ0v) is 13.6. The first kappa shape index (κ1) is 19.2. The molecule has 1 aliphatic heterocycles. The lowest BCUT2D eigenvalue weighted by molar-refractivity contribution is -0.121. The van der Waals surface area contributed by atoms with E-state index in [1.54, 1.807) is 10.9 Å². The monoisotopic (exact) mass is 322 g/mol. The molecule has 1 aromatic heterocycles. The van der Waals surface area contributed by atoms with Gasteiger partial charge in [0.15, 0.2) is 0 Å². The standard InChI is InChI=1S/C13H22N4O.2ClH/c1-13(3-5-14-6-4-13)10-15-12(18)7-11-8-16-17(2)9-11;;/h8-9,14H,3-7,10H2,1-2H3,(H,15,18);2*1H. The Morgan fingerprint density at radius 3 is 2.65 bits per heavy atom. The number of nitrogens with one attached hydrogen (secondary N) is 2. The van der Waals surface area contributed by atoms with E-state index in [0.717, 1.165) is 38.0 Å². The Morgan fingerprint density at radius 2 is 2.10 bits per heavy atom. The quantitative estimate of drug-likeness (QED) is 0.878. The zero-order chi connectivity index (χ0) is 13.0. The van der Waals surface area contributed by atoms with Crippen LogP contribution in [0.3, 0.4) is 0 Å². The van der Waals surface area contributed by atoms with Crippen LogP contribution in [0, 0.1) is 5.41 Å². The van der Waals surface area contributed by atoms with Crippen molar-refractivity contribution in [3.8, 4) is 0 Å². The molecule has 2 rings (SSSR count). The van der Waals surface area contributed by atoms with Crippen LogP contribution in [0.5, 0.6) is 0 Å². The van der Waals surface area contributed by atoms with Crippen molar-refractivity contribution in [2.45, 2.75) is 26.2 Å². The van der Waals surface area contributed by atoms with Gasteiger partial charge in [-0.1, -0.05) is 6.92 Å². The van der Waals surface area contributed by atoms with Crippen molar-refractivity contribution in [3.05, 3.63) is 18.0 Å². The fraction of sp³-hybridized carbons (Fsp3) is 0.692. The maximum Gasteiger partial charge on any atom is 0.224 e. The number of rotatable bonds is 4. The summed E-state index contributed by atoms with van der Waals surface area (Å²) in [5, 5.41) is 10.5. The average Bonchev–Trinajstić information content (AvgIpc) is 2.73. The van der Waals surface area contributed by atoms with E-state index in [4.69, 9.17) is 0 Å². The van der Waals surface area contributed by atoms with Gasteiger partial charge in [-0.15, -0.1) is 24.8 Å². The second-order valence-corrected chi connectivity index (χ2v) is 5.54. The number of halogens is 2. The van der Waals surface area contributed by atoms with Crippen LogP contribution in [0.4, 0.5) is 0 Å².